The summed E-state index contributed by atoms with van der Waals surface area (Å²) in [5.74, 6) is 5.63. The van der Waals surface area contributed by atoms with Crippen molar-refractivity contribution in [3.05, 3.63) is 63.7 Å². The number of halogens is 2. The lowest BCUT2D eigenvalue weighted by molar-refractivity contribution is -0.125. The van der Waals surface area contributed by atoms with Crippen molar-refractivity contribution in [3.8, 4) is 11.8 Å². The van der Waals surface area contributed by atoms with E-state index in [1.165, 1.54) is 6.07 Å². The summed E-state index contributed by atoms with van der Waals surface area (Å²) in [6.45, 7) is 3.56. The van der Waals surface area contributed by atoms with E-state index in [0.717, 1.165) is 18.4 Å². The van der Waals surface area contributed by atoms with Gasteiger partial charge >= 0.3 is 0 Å². The zero-order valence-electron chi connectivity index (χ0n) is 18.5. The molecule has 0 bridgehead atoms. The Morgan fingerprint density at radius 3 is 2.76 bits per heavy atom. The van der Waals surface area contributed by atoms with Crippen LogP contribution in [-0.2, 0) is 16.1 Å². The minimum Gasteiger partial charge on any atom is -0.352 e. The molecule has 2 aromatic rings. The van der Waals surface area contributed by atoms with Crippen LogP contribution in [0.4, 0.5) is 4.39 Å². The summed E-state index contributed by atoms with van der Waals surface area (Å²) < 4.78 is 15.4. The van der Waals surface area contributed by atoms with E-state index in [1.807, 2.05) is 12.1 Å². The van der Waals surface area contributed by atoms with Crippen LogP contribution in [0, 0.1) is 29.5 Å². The number of nitrogens with zero attached hydrogens (tertiary/aromatic N) is 1. The summed E-state index contributed by atoms with van der Waals surface area (Å²) in [7, 11) is 0. The van der Waals surface area contributed by atoms with Crippen molar-refractivity contribution >= 4 is 23.4 Å². The first kappa shape index (κ1) is 23.2. The van der Waals surface area contributed by atoms with Crippen LogP contribution in [0.1, 0.15) is 67.7 Å². The fraction of sp³-hybridized carbons (Fsp3) is 0.400. The molecule has 1 aliphatic carbocycles. The maximum atomic E-state index is 15.4. The minimum atomic E-state index is -0.833. The second-order valence-corrected chi connectivity index (χ2v) is 9.15. The van der Waals surface area contributed by atoms with Gasteiger partial charge in [0, 0.05) is 47.7 Å². The predicted molar refractivity (Wildman–Crippen MR) is 123 cm³/mol. The topological polar surface area (TPSA) is 83.1 Å². The number of carbonyl (C=O) groups is 2. The minimum absolute atomic E-state index is 0.0298. The molecule has 2 atom stereocenters. The molecule has 2 aliphatic rings. The predicted octanol–water partition coefficient (Wildman–Crippen LogP) is 3.76. The molecule has 1 saturated heterocycles. The molecule has 4 rings (SSSR count). The lowest BCUT2D eigenvalue weighted by Crippen LogP contribution is -2.47. The molecule has 2 heterocycles. The second kappa shape index (κ2) is 9.90. The fourth-order valence-corrected chi connectivity index (χ4v) is 3.81. The van der Waals surface area contributed by atoms with Gasteiger partial charge in [-0.1, -0.05) is 43.4 Å². The van der Waals surface area contributed by atoms with Gasteiger partial charge in [-0.15, -0.1) is 0 Å². The molecule has 6 nitrogen and oxygen atoms in total. The van der Waals surface area contributed by atoms with Gasteiger partial charge in [-0.25, -0.2) is 4.39 Å². The lowest BCUT2D eigenvalue weighted by Gasteiger charge is -2.32. The number of hydrogen-bond donors (Lipinski definition) is 3. The molecular formula is C25H26ClFN4O2. The Bertz CT molecular complexity index is 1120. The number of benzene rings is 1. The van der Waals surface area contributed by atoms with Gasteiger partial charge in [0.15, 0.2) is 0 Å². The van der Waals surface area contributed by atoms with Gasteiger partial charge < -0.3 is 10.6 Å². The highest BCUT2D eigenvalue weighted by Crippen LogP contribution is 2.32. The van der Waals surface area contributed by atoms with Crippen LogP contribution in [0.2, 0.25) is 5.02 Å². The molecule has 33 heavy (non-hydrogen) atoms. The number of amides is 2. The summed E-state index contributed by atoms with van der Waals surface area (Å²) in [6.07, 6.45) is 3.34. The number of carbonyl (C=O) groups excluding carboxylic acids is 2. The molecule has 2 amide bonds. The number of pyridine rings is 1. The zero-order valence-corrected chi connectivity index (χ0v) is 19.3. The number of aromatic nitrogens is 1. The smallest absolute Gasteiger partial charge is 0.223 e. The molecular weight excluding hydrogens is 443 g/mol. The highest BCUT2D eigenvalue weighted by Gasteiger charge is 2.32. The molecule has 0 radical (unpaired) electrons. The van der Waals surface area contributed by atoms with Crippen LogP contribution >= 0.6 is 11.6 Å². The molecule has 2 unspecified atom stereocenters. The SMILES string of the molecule is CC(C)C(=O)NCc1ccc(Cl)c(C2NC(=O)CC(c3ccc(C#CC4CC4)cn3)N2)c1F. The Morgan fingerprint density at radius 2 is 2.09 bits per heavy atom. The van der Waals surface area contributed by atoms with Gasteiger partial charge in [0.1, 0.15) is 12.0 Å². The van der Waals surface area contributed by atoms with Crippen LogP contribution < -0.4 is 16.0 Å². The van der Waals surface area contributed by atoms with Crippen molar-refractivity contribution in [2.75, 3.05) is 0 Å². The molecule has 172 valence electrons. The van der Waals surface area contributed by atoms with Crippen LogP contribution in [-0.4, -0.2) is 16.8 Å². The van der Waals surface area contributed by atoms with E-state index in [0.29, 0.717) is 17.2 Å². The van der Waals surface area contributed by atoms with Crippen molar-refractivity contribution < 1.29 is 14.0 Å². The van der Waals surface area contributed by atoms with Crippen molar-refractivity contribution in [2.45, 2.75) is 51.9 Å². The maximum Gasteiger partial charge on any atom is 0.223 e. The molecule has 1 aromatic carbocycles. The Morgan fingerprint density at radius 1 is 1.30 bits per heavy atom. The van der Waals surface area contributed by atoms with E-state index in [1.54, 1.807) is 26.1 Å². The average molecular weight is 469 g/mol. The Kier molecular flexibility index (Phi) is 6.96. The first-order valence-corrected chi connectivity index (χ1v) is 11.5. The third-order valence-corrected chi connectivity index (χ3v) is 6.01. The van der Waals surface area contributed by atoms with E-state index in [4.69, 9.17) is 11.6 Å². The van der Waals surface area contributed by atoms with E-state index >= 15 is 4.39 Å². The molecule has 1 aromatic heterocycles. The van der Waals surface area contributed by atoms with Crippen molar-refractivity contribution in [3.63, 3.8) is 0 Å². The van der Waals surface area contributed by atoms with Crippen LogP contribution in [0.15, 0.2) is 30.5 Å². The second-order valence-electron chi connectivity index (χ2n) is 8.75. The van der Waals surface area contributed by atoms with E-state index in [2.05, 4.69) is 32.8 Å². The van der Waals surface area contributed by atoms with Gasteiger partial charge in [0.05, 0.1) is 16.8 Å². The molecule has 2 fully saturated rings. The Labute approximate surface area is 197 Å². The quantitative estimate of drug-likeness (QED) is 0.583. The highest BCUT2D eigenvalue weighted by atomic mass is 35.5. The number of hydrogen-bond acceptors (Lipinski definition) is 4. The molecule has 1 saturated carbocycles. The Balaban J connectivity index is 1.53. The monoisotopic (exact) mass is 468 g/mol. The largest absolute Gasteiger partial charge is 0.352 e. The maximum absolute atomic E-state index is 15.4. The first-order chi connectivity index (χ1) is 15.8. The number of nitrogens with one attached hydrogen (secondary N) is 3. The van der Waals surface area contributed by atoms with Crippen LogP contribution in [0.3, 0.4) is 0 Å². The highest BCUT2D eigenvalue weighted by molar-refractivity contribution is 6.31. The van der Waals surface area contributed by atoms with Gasteiger partial charge in [-0.05, 0) is 31.0 Å². The molecule has 3 N–H and O–H groups in total. The van der Waals surface area contributed by atoms with Crippen LogP contribution in [0.5, 0.6) is 0 Å². The Hall–Kier alpha value is -2.95. The fourth-order valence-electron chi connectivity index (χ4n) is 3.55. The zero-order chi connectivity index (χ0) is 23.5. The third-order valence-electron chi connectivity index (χ3n) is 5.68. The van der Waals surface area contributed by atoms with Crippen LogP contribution in [0.25, 0.3) is 0 Å². The van der Waals surface area contributed by atoms with Crippen molar-refractivity contribution in [2.24, 2.45) is 11.8 Å². The summed E-state index contributed by atoms with van der Waals surface area (Å²) in [6, 6.07) is 6.41. The normalized spacial score (nSPS) is 20.1. The van der Waals surface area contributed by atoms with Gasteiger partial charge in [0.25, 0.3) is 0 Å². The van der Waals surface area contributed by atoms with Gasteiger partial charge in [-0.2, -0.15) is 0 Å². The molecule has 0 spiro atoms. The molecule has 8 heteroatoms. The first-order valence-electron chi connectivity index (χ1n) is 11.1. The van der Waals surface area contributed by atoms with E-state index in [9.17, 15) is 9.59 Å². The van der Waals surface area contributed by atoms with E-state index in [-0.39, 0.29) is 41.3 Å². The van der Waals surface area contributed by atoms with Crippen molar-refractivity contribution in [1.29, 1.82) is 0 Å². The van der Waals surface area contributed by atoms with E-state index < -0.39 is 18.0 Å². The van der Waals surface area contributed by atoms with Crippen molar-refractivity contribution in [1.82, 2.24) is 20.9 Å². The standard InChI is InChI=1S/C25H26ClFN4O2/c1-14(2)25(33)29-13-17-8-9-18(26)22(23(17)27)24-30-20(11-21(32)31-24)19-10-7-16(12-28-19)6-5-15-3-4-15/h7-10,12,14-15,20,24,30H,3-4,11,13H2,1-2H3,(H,29,33)(H,31,32). The van der Waals surface area contributed by atoms with Gasteiger partial charge in [0.2, 0.25) is 11.8 Å². The molecule has 1 aliphatic heterocycles. The average Bonchev–Trinajstić information content (AvgIpc) is 3.61. The van der Waals surface area contributed by atoms with Gasteiger partial charge in [-0.3, -0.25) is 19.9 Å². The lowest BCUT2D eigenvalue weighted by atomic mass is 10.0. The summed E-state index contributed by atoms with van der Waals surface area (Å²) in [5.41, 5.74) is 1.92. The summed E-state index contributed by atoms with van der Waals surface area (Å²) in [5, 5.41) is 8.90. The number of rotatable bonds is 5. The summed E-state index contributed by atoms with van der Waals surface area (Å²) in [4.78, 5) is 28.8. The third kappa shape index (κ3) is 5.70. The summed E-state index contributed by atoms with van der Waals surface area (Å²) >= 11 is 6.33.